The zero-order chi connectivity index (χ0) is 18.9. The van der Waals surface area contributed by atoms with Gasteiger partial charge in [-0.25, -0.2) is 14.2 Å². The first-order chi connectivity index (χ1) is 12.5. The highest BCUT2D eigenvalue weighted by molar-refractivity contribution is 6.32. The molecule has 1 heterocycles. The van der Waals surface area contributed by atoms with Gasteiger partial charge in [0.15, 0.2) is 0 Å². The van der Waals surface area contributed by atoms with Crippen molar-refractivity contribution in [2.75, 3.05) is 5.32 Å². The molecule has 0 saturated carbocycles. The van der Waals surface area contributed by atoms with E-state index in [1.165, 1.54) is 30.5 Å². The summed E-state index contributed by atoms with van der Waals surface area (Å²) in [6.07, 6.45) is 0.200. The second kappa shape index (κ2) is 8.60. The van der Waals surface area contributed by atoms with Crippen LogP contribution in [0.25, 0.3) is 10.9 Å². The number of benzene rings is 2. The van der Waals surface area contributed by atoms with Gasteiger partial charge in [-0.2, -0.15) is 0 Å². The van der Waals surface area contributed by atoms with Gasteiger partial charge in [0, 0.05) is 16.6 Å². The maximum atomic E-state index is 12.2. The van der Waals surface area contributed by atoms with Crippen molar-refractivity contribution in [3.63, 3.8) is 0 Å². The lowest BCUT2D eigenvalue weighted by molar-refractivity contribution is 0.209. The van der Waals surface area contributed by atoms with Gasteiger partial charge in [-0.1, -0.05) is 35.0 Å². The minimum atomic E-state index is -1.16. The predicted molar refractivity (Wildman–Crippen MR) is 94.2 cm³/mol. The average Bonchev–Trinajstić information content (AvgIpc) is 2.62. The van der Waals surface area contributed by atoms with Crippen LogP contribution in [0.15, 0.2) is 59.8 Å². The van der Waals surface area contributed by atoms with Crippen LogP contribution in [-0.4, -0.2) is 27.6 Å². The van der Waals surface area contributed by atoms with Gasteiger partial charge in [0.1, 0.15) is 11.0 Å². The van der Waals surface area contributed by atoms with E-state index in [4.69, 9.17) is 18.1 Å². The third-order valence-electron chi connectivity index (χ3n) is 2.99. The van der Waals surface area contributed by atoms with E-state index in [0.717, 1.165) is 10.9 Å². The predicted octanol–water partition coefficient (Wildman–Crippen LogP) is 4.61. The Morgan fingerprint density at radius 1 is 1.28 bits per heavy atom. The number of nitrogens with one attached hydrogen (secondary N) is 1. The van der Waals surface area contributed by atoms with Crippen molar-refractivity contribution in [1.82, 2.24) is 4.98 Å². The molecule has 0 spiro atoms. The number of hydrogen-bond donors (Lipinski definition) is 3. The summed E-state index contributed by atoms with van der Waals surface area (Å²) in [6, 6.07) is 14.5. The molecule has 3 aromatic rings. The van der Waals surface area contributed by atoms with Crippen LogP contribution in [0.5, 0.6) is 0 Å². The zero-order valence-corrected chi connectivity index (χ0v) is 13.4. The number of aromatic nitrogens is 1. The van der Waals surface area contributed by atoms with E-state index in [1.807, 2.05) is 30.3 Å². The Bertz CT molecular complexity index is 923. The van der Waals surface area contributed by atoms with E-state index in [1.54, 1.807) is 0 Å². The van der Waals surface area contributed by atoms with Gasteiger partial charge < -0.3 is 10.3 Å². The van der Waals surface area contributed by atoms with E-state index in [-0.39, 0.29) is 5.82 Å². The summed E-state index contributed by atoms with van der Waals surface area (Å²) < 4.78 is 18.7. The molecule has 1 amide bonds. The van der Waals surface area contributed by atoms with Crippen molar-refractivity contribution in [2.24, 2.45) is 5.16 Å². The Balaban J connectivity index is 0.000000197. The minimum Gasteiger partial charge on any atom is -0.465 e. The Labute approximate surface area is 148 Å². The highest BCUT2D eigenvalue weighted by atomic mass is 35.5. The van der Waals surface area contributed by atoms with Crippen molar-refractivity contribution in [3.05, 3.63) is 71.1 Å². The first kappa shape index (κ1) is 16.7. The van der Waals surface area contributed by atoms with Crippen LogP contribution in [0.1, 0.15) is 5.56 Å². The Morgan fingerprint density at radius 2 is 2.00 bits per heavy atom. The number of halogens is 2. The van der Waals surface area contributed by atoms with Gasteiger partial charge in [-0.15, -0.1) is 0 Å². The summed E-state index contributed by atoms with van der Waals surface area (Å²) >= 11 is 5.92. The van der Waals surface area contributed by atoms with E-state index >= 15 is 0 Å². The number of pyridine rings is 1. The molecule has 128 valence electrons. The number of amides is 1. The SMILES string of the molecule is O=C(O)Nc1ccc(F)cc1.[2H]ON=Cc1cc2ccccc2nc1Cl. The molecule has 0 atom stereocenters. The number of nitrogens with zero attached hydrogens (tertiary/aromatic N) is 2. The van der Waals surface area contributed by atoms with Crippen LogP contribution in [0, 0.1) is 5.82 Å². The molecule has 8 heteroatoms. The van der Waals surface area contributed by atoms with E-state index in [9.17, 15) is 9.18 Å². The van der Waals surface area contributed by atoms with Crippen molar-refractivity contribution in [1.29, 1.82) is 0 Å². The molecular formula is C17H13ClFN3O3. The summed E-state index contributed by atoms with van der Waals surface area (Å²) in [5, 5.41) is 18.8. The zero-order valence-electron chi connectivity index (χ0n) is 13.7. The van der Waals surface area contributed by atoms with E-state index in [2.05, 4.69) is 20.7 Å². The third-order valence-corrected chi connectivity index (χ3v) is 3.29. The van der Waals surface area contributed by atoms with Crippen molar-refractivity contribution in [3.8, 4) is 0 Å². The number of carbonyl (C=O) groups is 1. The van der Waals surface area contributed by atoms with Crippen LogP contribution in [-0.2, 0) is 0 Å². The molecule has 0 aliphatic rings. The van der Waals surface area contributed by atoms with Crippen LogP contribution in [0.4, 0.5) is 14.9 Å². The molecule has 0 fully saturated rings. The Kier molecular flexibility index (Phi) is 5.73. The van der Waals surface area contributed by atoms with Gasteiger partial charge in [-0.05, 0) is 36.4 Å². The molecule has 0 radical (unpaired) electrons. The molecule has 6 nitrogen and oxygen atoms in total. The minimum absolute atomic E-state index is 0.342. The van der Waals surface area contributed by atoms with Crippen LogP contribution in [0.2, 0.25) is 6.58 Å². The second-order valence-electron chi connectivity index (χ2n) is 4.73. The number of fused-ring (bicyclic) bond motifs is 1. The Hall–Kier alpha value is -3.19. The summed E-state index contributed by atoms with van der Waals surface area (Å²) in [5.74, 6) is -0.388. The Morgan fingerprint density at radius 3 is 2.68 bits per heavy atom. The molecule has 3 N–H and O–H groups in total. The van der Waals surface area contributed by atoms with E-state index < -0.39 is 6.09 Å². The van der Waals surface area contributed by atoms with Crippen LogP contribution in [0.3, 0.4) is 0 Å². The molecule has 2 aromatic carbocycles. The van der Waals surface area contributed by atoms with Crippen LogP contribution < -0.4 is 5.32 Å². The highest BCUT2D eigenvalue weighted by Crippen LogP contribution is 2.18. The molecule has 0 aliphatic carbocycles. The van der Waals surface area contributed by atoms with Gasteiger partial charge in [0.2, 0.25) is 0 Å². The fourth-order valence-electron chi connectivity index (χ4n) is 1.91. The average molecular weight is 363 g/mol. The summed E-state index contributed by atoms with van der Waals surface area (Å²) in [4.78, 5) is 14.2. The molecule has 3 rings (SSSR count). The topological polar surface area (TPSA) is 94.8 Å². The lowest BCUT2D eigenvalue weighted by Gasteiger charge is -2.00. The quantitative estimate of drug-likeness (QED) is 0.274. The monoisotopic (exact) mass is 362 g/mol. The molecular weight excluding hydrogens is 349 g/mol. The molecule has 1 aromatic heterocycles. The summed E-state index contributed by atoms with van der Waals surface area (Å²) in [6.45, 7) is 0. The van der Waals surface area contributed by atoms with Gasteiger partial charge >= 0.3 is 7.52 Å². The third kappa shape index (κ3) is 5.43. The summed E-state index contributed by atoms with van der Waals surface area (Å²) in [5.41, 5.74) is 1.81. The van der Waals surface area contributed by atoms with Gasteiger partial charge in [0.25, 0.3) is 0 Å². The second-order valence-corrected chi connectivity index (χ2v) is 5.09. The lowest BCUT2D eigenvalue weighted by atomic mass is 10.2. The number of para-hydroxylation sites is 1. The molecule has 0 unspecified atom stereocenters. The lowest BCUT2D eigenvalue weighted by Crippen LogP contribution is -2.06. The van der Waals surface area contributed by atoms with Crippen molar-refractivity contribution < 1.29 is 20.9 Å². The number of rotatable bonds is 3. The highest BCUT2D eigenvalue weighted by Gasteiger charge is 2.02. The largest absolute Gasteiger partial charge is 0.465 e. The first-order valence-electron chi connectivity index (χ1n) is 7.37. The number of oxime groups is 1. The van der Waals surface area contributed by atoms with Crippen molar-refractivity contribution in [2.45, 2.75) is 0 Å². The van der Waals surface area contributed by atoms with Gasteiger partial charge in [-0.3, -0.25) is 5.32 Å². The fourth-order valence-corrected chi connectivity index (χ4v) is 2.11. The number of hydrogen-bond acceptors (Lipinski definition) is 4. The van der Waals surface area contributed by atoms with Gasteiger partial charge in [0.05, 0.1) is 11.7 Å². The molecule has 0 saturated heterocycles. The smallest absolute Gasteiger partial charge is 0.409 e. The molecule has 0 aliphatic heterocycles. The van der Waals surface area contributed by atoms with E-state index in [0.29, 0.717) is 16.4 Å². The summed E-state index contributed by atoms with van der Waals surface area (Å²) in [7, 11) is 0. The normalized spacial score (nSPS) is 10.7. The number of anilines is 1. The standard InChI is InChI=1S/C10H7ClN2O.C7H6FNO2/c11-10-8(6-12-14)5-7-3-1-2-4-9(7)13-10;8-5-1-3-6(4-2-5)9-7(10)11/h1-6,14H;1-4,9H,(H,10,11)/i/hD. The van der Waals surface area contributed by atoms with Crippen molar-refractivity contribution >= 4 is 40.5 Å². The fraction of sp³-hybridized carbons (Fsp3) is 0. The number of carboxylic acid groups (broad SMARTS) is 1. The maximum Gasteiger partial charge on any atom is 0.409 e. The molecule has 0 bridgehead atoms. The molecule has 25 heavy (non-hydrogen) atoms. The first-order valence-corrected chi connectivity index (χ1v) is 7.34. The maximum absolute atomic E-state index is 12.2. The van der Waals surface area contributed by atoms with Crippen LogP contribution >= 0.6 is 11.6 Å².